The SMILES string of the molecule is NCC1CCC(C(=O)N2CCN(C(=O)C(=O)C#Cc3ccccc3C#CC(=O)C(=O)N3CCN(C(=O)C4CCC(CN)CC4)CC3)CC2)CC1. The van der Waals surface area contributed by atoms with Crippen molar-refractivity contribution in [3.05, 3.63) is 35.4 Å². The second-order valence-electron chi connectivity index (χ2n) is 13.8. The van der Waals surface area contributed by atoms with Crippen LogP contribution in [0.5, 0.6) is 0 Å². The number of benzene rings is 1. The van der Waals surface area contributed by atoms with Crippen molar-refractivity contribution in [1.82, 2.24) is 19.6 Å². The van der Waals surface area contributed by atoms with E-state index in [1.165, 1.54) is 9.80 Å². The lowest BCUT2D eigenvalue weighted by Crippen LogP contribution is -2.53. The first-order valence-corrected chi connectivity index (χ1v) is 18.0. The lowest BCUT2D eigenvalue weighted by Gasteiger charge is -2.37. The predicted molar refractivity (Wildman–Crippen MR) is 186 cm³/mol. The van der Waals surface area contributed by atoms with E-state index in [9.17, 15) is 28.8 Å². The van der Waals surface area contributed by atoms with E-state index >= 15 is 0 Å². The number of ketones is 2. The maximum atomic E-state index is 13.0. The summed E-state index contributed by atoms with van der Waals surface area (Å²) in [4.78, 5) is 83.6. The molecule has 12 nitrogen and oxygen atoms in total. The van der Waals surface area contributed by atoms with Crippen molar-refractivity contribution in [2.75, 3.05) is 65.4 Å². The van der Waals surface area contributed by atoms with Gasteiger partial charge in [0.25, 0.3) is 11.6 Å². The van der Waals surface area contributed by atoms with Crippen molar-refractivity contribution >= 4 is 35.2 Å². The number of Topliss-reactive ketones (excluding diaryl/α,β-unsaturated/α-hetero) is 2. The van der Waals surface area contributed by atoms with Crippen LogP contribution in [0.25, 0.3) is 0 Å². The van der Waals surface area contributed by atoms with Gasteiger partial charge in [-0.05, 0) is 100 Å². The zero-order valence-corrected chi connectivity index (χ0v) is 28.7. The van der Waals surface area contributed by atoms with E-state index in [4.69, 9.17) is 11.5 Å². The van der Waals surface area contributed by atoms with Crippen molar-refractivity contribution < 1.29 is 28.8 Å². The highest BCUT2D eigenvalue weighted by molar-refractivity contribution is 6.43. The monoisotopic (exact) mass is 684 g/mol. The summed E-state index contributed by atoms with van der Waals surface area (Å²) in [5.41, 5.74) is 12.2. The molecule has 4 aliphatic rings. The maximum absolute atomic E-state index is 13.0. The largest absolute Gasteiger partial charge is 0.339 e. The van der Waals surface area contributed by atoms with Crippen LogP contribution in [0, 0.1) is 47.4 Å². The molecule has 0 aromatic heterocycles. The summed E-state index contributed by atoms with van der Waals surface area (Å²) in [6.07, 6.45) is 7.18. The van der Waals surface area contributed by atoms with Gasteiger partial charge in [-0.1, -0.05) is 24.0 Å². The molecule has 4 N–H and O–H groups in total. The molecule has 2 heterocycles. The van der Waals surface area contributed by atoms with E-state index in [0.29, 0.717) is 62.2 Å². The van der Waals surface area contributed by atoms with Gasteiger partial charge in [0.2, 0.25) is 11.8 Å². The van der Waals surface area contributed by atoms with E-state index < -0.39 is 23.4 Å². The Labute approximate surface area is 294 Å². The number of nitrogens with zero attached hydrogens (tertiary/aromatic N) is 4. The molecule has 4 amide bonds. The molecule has 4 fully saturated rings. The normalized spacial score (nSPS) is 23.9. The standard InChI is InChI=1S/C38H48N6O6/c39-25-27-5-9-31(10-6-27)35(47)41-17-21-43(22-18-41)37(49)33(45)15-13-29-3-1-2-4-30(29)14-16-34(46)38(50)44-23-19-42(20-24-44)36(48)32-11-7-28(26-40)8-12-32/h1-4,27-28,31-32H,5-12,17-26,39-40H2. The summed E-state index contributed by atoms with van der Waals surface area (Å²) >= 11 is 0. The highest BCUT2D eigenvalue weighted by Gasteiger charge is 2.34. The third kappa shape index (κ3) is 9.17. The number of carbonyl (C=O) groups is 6. The molecule has 266 valence electrons. The molecule has 0 radical (unpaired) electrons. The zero-order valence-electron chi connectivity index (χ0n) is 28.7. The van der Waals surface area contributed by atoms with Crippen LogP contribution in [0.2, 0.25) is 0 Å². The lowest BCUT2D eigenvalue weighted by molar-refractivity contribution is -0.146. The Kier molecular flexibility index (Phi) is 12.8. The molecule has 1 aromatic rings. The molecular weight excluding hydrogens is 636 g/mol. The van der Waals surface area contributed by atoms with Gasteiger partial charge < -0.3 is 31.1 Å². The minimum Gasteiger partial charge on any atom is -0.339 e. The van der Waals surface area contributed by atoms with E-state index in [2.05, 4.69) is 23.7 Å². The first-order valence-electron chi connectivity index (χ1n) is 18.0. The van der Waals surface area contributed by atoms with Gasteiger partial charge in [-0.3, -0.25) is 28.8 Å². The average Bonchev–Trinajstić information content (AvgIpc) is 3.18. The number of carbonyl (C=O) groups excluding carboxylic acids is 6. The van der Waals surface area contributed by atoms with Crippen LogP contribution in [0.4, 0.5) is 0 Å². The minimum absolute atomic E-state index is 0.00596. The fourth-order valence-corrected chi connectivity index (χ4v) is 7.41. The molecular formula is C38H48N6O6. The van der Waals surface area contributed by atoms with Gasteiger partial charge in [0, 0.05) is 75.3 Å². The Hall–Kier alpha value is -4.52. The molecule has 1 aromatic carbocycles. The first kappa shape index (κ1) is 36.8. The molecule has 2 aliphatic carbocycles. The average molecular weight is 685 g/mol. The highest BCUT2D eigenvalue weighted by Crippen LogP contribution is 2.31. The second kappa shape index (κ2) is 17.4. The van der Waals surface area contributed by atoms with Crippen molar-refractivity contribution in [2.45, 2.75) is 51.4 Å². The summed E-state index contributed by atoms with van der Waals surface area (Å²) in [5, 5.41) is 0. The molecule has 2 saturated heterocycles. The molecule has 50 heavy (non-hydrogen) atoms. The van der Waals surface area contributed by atoms with Gasteiger partial charge in [-0.15, -0.1) is 0 Å². The van der Waals surface area contributed by atoms with Gasteiger partial charge in [-0.25, -0.2) is 0 Å². The van der Waals surface area contributed by atoms with Crippen molar-refractivity contribution in [1.29, 1.82) is 0 Å². The van der Waals surface area contributed by atoms with E-state index in [0.717, 1.165) is 51.4 Å². The van der Waals surface area contributed by atoms with E-state index in [-0.39, 0.29) is 49.8 Å². The number of amides is 4. The van der Waals surface area contributed by atoms with Crippen LogP contribution in [-0.4, -0.2) is 120 Å². The van der Waals surface area contributed by atoms with E-state index in [1.807, 2.05) is 0 Å². The fourth-order valence-electron chi connectivity index (χ4n) is 7.41. The lowest BCUT2D eigenvalue weighted by atomic mass is 9.81. The summed E-state index contributed by atoms with van der Waals surface area (Å²) < 4.78 is 0. The van der Waals surface area contributed by atoms with Crippen LogP contribution in [0.1, 0.15) is 62.5 Å². The third-order valence-corrected chi connectivity index (χ3v) is 10.8. The summed E-state index contributed by atoms with van der Waals surface area (Å²) in [6.45, 7) is 3.83. The number of hydrogen-bond donors (Lipinski definition) is 2. The van der Waals surface area contributed by atoms with Crippen LogP contribution in [-0.2, 0) is 28.8 Å². The molecule has 5 rings (SSSR count). The van der Waals surface area contributed by atoms with Gasteiger partial charge in [-0.2, -0.15) is 0 Å². The highest BCUT2D eigenvalue weighted by atomic mass is 16.2. The number of hydrogen-bond acceptors (Lipinski definition) is 8. The van der Waals surface area contributed by atoms with Crippen LogP contribution in [0.3, 0.4) is 0 Å². The summed E-state index contributed by atoms with van der Waals surface area (Å²) in [5.74, 6) is 8.19. The molecule has 0 bridgehead atoms. The minimum atomic E-state index is -0.875. The Balaban J connectivity index is 1.09. The topological polar surface area (TPSA) is 167 Å². The van der Waals surface area contributed by atoms with Gasteiger partial charge >= 0.3 is 11.8 Å². The van der Waals surface area contributed by atoms with Crippen LogP contribution >= 0.6 is 0 Å². The Morgan fingerprint density at radius 3 is 1.16 bits per heavy atom. The number of piperazine rings is 2. The van der Waals surface area contributed by atoms with Gasteiger partial charge in [0.05, 0.1) is 0 Å². The van der Waals surface area contributed by atoms with E-state index in [1.54, 1.807) is 34.1 Å². The smallest absolute Gasteiger partial charge is 0.303 e. The van der Waals surface area contributed by atoms with Crippen molar-refractivity contribution in [3.63, 3.8) is 0 Å². The second-order valence-corrected chi connectivity index (χ2v) is 13.8. The molecule has 2 saturated carbocycles. The summed E-state index contributed by atoms with van der Waals surface area (Å²) in [6, 6.07) is 6.62. The zero-order chi connectivity index (χ0) is 35.6. The molecule has 12 heteroatoms. The third-order valence-electron chi connectivity index (χ3n) is 10.8. The van der Waals surface area contributed by atoms with Crippen LogP contribution in [0.15, 0.2) is 24.3 Å². The summed E-state index contributed by atoms with van der Waals surface area (Å²) in [7, 11) is 0. The van der Waals surface area contributed by atoms with Crippen molar-refractivity contribution in [3.8, 4) is 23.7 Å². The maximum Gasteiger partial charge on any atom is 0.303 e. The quantitative estimate of drug-likeness (QED) is 0.321. The fraction of sp³-hybridized carbons (Fsp3) is 0.579. The number of rotatable bonds is 6. The van der Waals surface area contributed by atoms with Crippen LogP contribution < -0.4 is 11.5 Å². The Bertz CT molecular complexity index is 1450. The Morgan fingerprint density at radius 2 is 0.840 bits per heavy atom. The predicted octanol–water partition coefficient (Wildman–Crippen LogP) is 0.400. The molecule has 0 spiro atoms. The van der Waals surface area contributed by atoms with Crippen molar-refractivity contribution in [2.24, 2.45) is 35.1 Å². The van der Waals surface area contributed by atoms with Gasteiger partial charge in [0.15, 0.2) is 0 Å². The van der Waals surface area contributed by atoms with Gasteiger partial charge in [0.1, 0.15) is 0 Å². The molecule has 0 unspecified atom stereocenters. The first-order chi connectivity index (χ1) is 24.2. The molecule has 0 atom stereocenters. The number of nitrogens with two attached hydrogens (primary N) is 2. The Morgan fingerprint density at radius 1 is 0.520 bits per heavy atom. The molecule has 2 aliphatic heterocycles.